The molecule has 0 aliphatic carbocycles. The third-order valence-electron chi connectivity index (χ3n) is 1.84. The van der Waals surface area contributed by atoms with Crippen molar-refractivity contribution in [1.82, 2.24) is 4.72 Å². The van der Waals surface area contributed by atoms with Crippen LogP contribution in [-0.4, -0.2) is 14.5 Å². The molecule has 1 rings (SSSR count). The van der Waals surface area contributed by atoms with Crippen molar-refractivity contribution in [1.29, 1.82) is 5.26 Å². The minimum Gasteiger partial charge on any atom is -0.206 e. The zero-order valence-corrected chi connectivity index (χ0v) is 11.8. The number of sulfonamides is 1. The zero-order valence-electron chi connectivity index (χ0n) is 8.60. The fourth-order valence-electron chi connectivity index (χ4n) is 1.13. The van der Waals surface area contributed by atoms with Gasteiger partial charge in [-0.25, -0.2) is 8.42 Å². The molecule has 0 aliphatic rings. The lowest BCUT2D eigenvalue weighted by Crippen LogP contribution is -2.33. The first-order valence-electron chi connectivity index (χ1n) is 4.67. The molecule has 0 saturated heterocycles. The molecule has 1 aromatic heterocycles. The number of hydrogen-bond donors (Lipinski definition) is 1. The molecule has 88 valence electrons. The fraction of sp³-hybridized carbons (Fsp3) is 0.444. The molecule has 0 bridgehead atoms. The Labute approximate surface area is 107 Å². The molecule has 1 N–H and O–H groups in total. The minimum atomic E-state index is -3.56. The van der Waals surface area contributed by atoms with Crippen LogP contribution in [0.2, 0.25) is 0 Å². The first-order valence-corrected chi connectivity index (χ1v) is 7.76. The Morgan fingerprint density at radius 3 is 2.75 bits per heavy atom. The monoisotopic (exact) mass is 322 g/mol. The van der Waals surface area contributed by atoms with Gasteiger partial charge in [-0.3, -0.25) is 0 Å². The van der Waals surface area contributed by atoms with Crippen molar-refractivity contribution in [3.05, 3.63) is 15.9 Å². The molecule has 16 heavy (non-hydrogen) atoms. The van der Waals surface area contributed by atoms with Gasteiger partial charge in [-0.15, -0.1) is 11.3 Å². The van der Waals surface area contributed by atoms with Gasteiger partial charge in [0.05, 0.1) is 9.86 Å². The SMILES string of the molecule is CCCC(C#N)NS(=O)(=O)c1ccc(Br)s1. The Hall–Kier alpha value is -0.420. The second-order valence-corrected chi connectivity index (χ2v) is 7.55. The molecule has 4 nitrogen and oxygen atoms in total. The summed E-state index contributed by atoms with van der Waals surface area (Å²) in [4.78, 5) is 0. The fourth-order valence-corrected chi connectivity index (χ4v) is 4.33. The summed E-state index contributed by atoms with van der Waals surface area (Å²) in [5.74, 6) is 0. The Kier molecular flexibility index (Phi) is 4.92. The van der Waals surface area contributed by atoms with E-state index in [2.05, 4.69) is 20.7 Å². The van der Waals surface area contributed by atoms with Crippen molar-refractivity contribution < 1.29 is 8.42 Å². The van der Waals surface area contributed by atoms with E-state index in [0.29, 0.717) is 6.42 Å². The van der Waals surface area contributed by atoms with Crippen LogP contribution in [0.25, 0.3) is 0 Å². The highest BCUT2D eigenvalue weighted by atomic mass is 79.9. The van der Waals surface area contributed by atoms with E-state index in [1.165, 1.54) is 6.07 Å². The van der Waals surface area contributed by atoms with Crippen LogP contribution in [-0.2, 0) is 10.0 Å². The Morgan fingerprint density at radius 1 is 1.62 bits per heavy atom. The summed E-state index contributed by atoms with van der Waals surface area (Å²) in [5, 5.41) is 8.79. The van der Waals surface area contributed by atoms with Gasteiger partial charge in [-0.1, -0.05) is 13.3 Å². The maximum absolute atomic E-state index is 11.8. The second-order valence-electron chi connectivity index (χ2n) is 3.15. The molecule has 0 amide bonds. The topological polar surface area (TPSA) is 70.0 Å². The Balaban J connectivity index is 2.84. The molecule has 1 heterocycles. The lowest BCUT2D eigenvalue weighted by Gasteiger charge is -2.09. The summed E-state index contributed by atoms with van der Waals surface area (Å²) in [6.45, 7) is 1.90. The third-order valence-corrected chi connectivity index (χ3v) is 5.43. The number of halogens is 1. The molecular formula is C9H11BrN2O2S2. The maximum atomic E-state index is 11.8. The van der Waals surface area contributed by atoms with Crippen LogP contribution in [0.1, 0.15) is 19.8 Å². The number of rotatable bonds is 5. The first-order chi connectivity index (χ1) is 7.49. The molecule has 0 saturated carbocycles. The van der Waals surface area contributed by atoms with Crippen LogP contribution in [0.4, 0.5) is 0 Å². The quantitative estimate of drug-likeness (QED) is 0.905. The molecule has 0 aromatic carbocycles. The predicted octanol–water partition coefficient (Wildman–Crippen LogP) is 2.48. The van der Waals surface area contributed by atoms with Crippen molar-refractivity contribution in [2.75, 3.05) is 0 Å². The van der Waals surface area contributed by atoms with Crippen LogP contribution in [0, 0.1) is 11.3 Å². The molecule has 1 atom stereocenters. The first kappa shape index (κ1) is 13.6. The maximum Gasteiger partial charge on any atom is 0.251 e. The molecule has 0 radical (unpaired) electrons. The molecule has 1 unspecified atom stereocenters. The minimum absolute atomic E-state index is 0.218. The number of nitrogens with zero attached hydrogens (tertiary/aromatic N) is 1. The van der Waals surface area contributed by atoms with E-state index in [0.717, 1.165) is 21.5 Å². The summed E-state index contributed by atoms with van der Waals surface area (Å²) < 4.78 is 27.0. The number of nitrogens with one attached hydrogen (secondary N) is 1. The average molecular weight is 323 g/mol. The number of hydrogen-bond acceptors (Lipinski definition) is 4. The number of nitriles is 1. The van der Waals surface area contributed by atoms with E-state index < -0.39 is 16.1 Å². The van der Waals surface area contributed by atoms with E-state index in [1.54, 1.807) is 6.07 Å². The van der Waals surface area contributed by atoms with Gasteiger partial charge in [0.1, 0.15) is 10.3 Å². The molecule has 0 fully saturated rings. The molecule has 0 spiro atoms. The van der Waals surface area contributed by atoms with Crippen molar-refractivity contribution in [2.24, 2.45) is 0 Å². The van der Waals surface area contributed by atoms with Crippen molar-refractivity contribution in [2.45, 2.75) is 30.0 Å². The van der Waals surface area contributed by atoms with Gasteiger partial charge in [0.15, 0.2) is 0 Å². The van der Waals surface area contributed by atoms with Gasteiger partial charge in [0.25, 0.3) is 10.0 Å². The lowest BCUT2D eigenvalue weighted by atomic mass is 10.2. The summed E-state index contributed by atoms with van der Waals surface area (Å²) in [5.41, 5.74) is 0. The lowest BCUT2D eigenvalue weighted by molar-refractivity contribution is 0.565. The Morgan fingerprint density at radius 2 is 2.31 bits per heavy atom. The summed E-state index contributed by atoms with van der Waals surface area (Å²) in [7, 11) is -3.56. The van der Waals surface area contributed by atoms with Gasteiger partial charge in [0, 0.05) is 0 Å². The van der Waals surface area contributed by atoms with E-state index in [9.17, 15) is 8.42 Å². The zero-order chi connectivity index (χ0) is 12.2. The standard InChI is InChI=1S/C9H11BrN2O2S2/c1-2-3-7(6-11)12-16(13,14)9-5-4-8(10)15-9/h4-5,7,12H,2-3H2,1H3. The van der Waals surface area contributed by atoms with Gasteiger partial charge >= 0.3 is 0 Å². The molecular weight excluding hydrogens is 312 g/mol. The van der Waals surface area contributed by atoms with Gasteiger partial charge in [-0.05, 0) is 34.5 Å². The third kappa shape index (κ3) is 3.56. The Bertz CT molecular complexity index is 490. The van der Waals surface area contributed by atoms with Crippen LogP contribution < -0.4 is 4.72 Å². The van der Waals surface area contributed by atoms with Crippen molar-refractivity contribution >= 4 is 37.3 Å². The van der Waals surface area contributed by atoms with Crippen LogP contribution in [0.5, 0.6) is 0 Å². The van der Waals surface area contributed by atoms with Crippen molar-refractivity contribution in [3.63, 3.8) is 0 Å². The van der Waals surface area contributed by atoms with Crippen molar-refractivity contribution in [3.8, 4) is 6.07 Å². The smallest absolute Gasteiger partial charge is 0.206 e. The molecule has 1 aromatic rings. The van der Waals surface area contributed by atoms with Crippen LogP contribution in [0.15, 0.2) is 20.1 Å². The van der Waals surface area contributed by atoms with Crippen LogP contribution in [0.3, 0.4) is 0 Å². The molecule has 7 heteroatoms. The van der Waals surface area contributed by atoms with Gasteiger partial charge < -0.3 is 0 Å². The van der Waals surface area contributed by atoms with Gasteiger partial charge in [-0.2, -0.15) is 9.98 Å². The van der Waals surface area contributed by atoms with E-state index in [1.807, 2.05) is 13.0 Å². The second kappa shape index (κ2) is 5.77. The van der Waals surface area contributed by atoms with E-state index in [-0.39, 0.29) is 4.21 Å². The summed E-state index contributed by atoms with van der Waals surface area (Å²) in [6, 6.07) is 4.46. The van der Waals surface area contributed by atoms with Crippen LogP contribution >= 0.6 is 27.3 Å². The van der Waals surface area contributed by atoms with E-state index in [4.69, 9.17) is 5.26 Å². The normalized spacial score (nSPS) is 13.3. The molecule has 0 aliphatic heterocycles. The largest absolute Gasteiger partial charge is 0.251 e. The predicted molar refractivity (Wildman–Crippen MR) is 66.6 cm³/mol. The highest BCUT2D eigenvalue weighted by molar-refractivity contribution is 9.11. The number of thiophene rings is 1. The van der Waals surface area contributed by atoms with Gasteiger partial charge in [0.2, 0.25) is 0 Å². The van der Waals surface area contributed by atoms with E-state index >= 15 is 0 Å². The highest BCUT2D eigenvalue weighted by Gasteiger charge is 2.20. The summed E-state index contributed by atoms with van der Waals surface area (Å²) in [6.07, 6.45) is 1.27. The highest BCUT2D eigenvalue weighted by Crippen LogP contribution is 2.26. The summed E-state index contributed by atoms with van der Waals surface area (Å²) >= 11 is 4.32. The average Bonchev–Trinajstić information content (AvgIpc) is 2.64.